The highest BCUT2D eigenvalue weighted by atomic mass is 127. The Morgan fingerprint density at radius 2 is 2.18 bits per heavy atom. The second-order valence-corrected chi connectivity index (χ2v) is 3.52. The normalized spacial score (nSPS) is 9.64. The zero-order valence-corrected chi connectivity index (χ0v) is 8.39. The largest absolute Gasteiger partial charge is 0.399 e. The van der Waals surface area contributed by atoms with Crippen molar-refractivity contribution in [2.45, 2.75) is 0 Å². The molecular formula is C7H5ClINO. The molecule has 58 valence electrons. The van der Waals surface area contributed by atoms with Crippen molar-refractivity contribution in [3.8, 4) is 0 Å². The van der Waals surface area contributed by atoms with E-state index in [1.165, 1.54) is 0 Å². The molecule has 11 heavy (non-hydrogen) atoms. The molecule has 1 aromatic carbocycles. The van der Waals surface area contributed by atoms with Gasteiger partial charge in [-0.25, -0.2) is 0 Å². The summed E-state index contributed by atoms with van der Waals surface area (Å²) >= 11 is 7.31. The Kier molecular flexibility index (Phi) is 2.72. The summed E-state index contributed by atoms with van der Waals surface area (Å²) < 4.78 is 0.816. The van der Waals surface area contributed by atoms with Gasteiger partial charge in [-0.2, -0.15) is 0 Å². The molecule has 4 heteroatoms. The first-order valence-corrected chi connectivity index (χ1v) is 4.32. The predicted octanol–water partition coefficient (Wildman–Crippen LogP) is 2.25. The number of hydrogen-bond acceptors (Lipinski definition) is 2. The van der Waals surface area contributed by atoms with Gasteiger partial charge in [0.15, 0.2) is 0 Å². The molecule has 1 rings (SSSR count). The summed E-state index contributed by atoms with van der Waals surface area (Å²) in [5, 5.41) is -0.471. The molecule has 0 spiro atoms. The van der Waals surface area contributed by atoms with E-state index >= 15 is 0 Å². The molecule has 2 N–H and O–H groups in total. The highest BCUT2D eigenvalue weighted by Crippen LogP contribution is 2.17. The third kappa shape index (κ3) is 2.07. The molecule has 0 saturated heterocycles. The van der Waals surface area contributed by atoms with Crippen LogP contribution in [0, 0.1) is 3.57 Å². The maximum Gasteiger partial charge on any atom is 0.253 e. The molecule has 0 aliphatic carbocycles. The van der Waals surface area contributed by atoms with E-state index in [9.17, 15) is 4.79 Å². The van der Waals surface area contributed by atoms with Gasteiger partial charge in [0.2, 0.25) is 0 Å². The quantitative estimate of drug-likeness (QED) is 0.487. The fourth-order valence-electron chi connectivity index (χ4n) is 0.694. The summed E-state index contributed by atoms with van der Waals surface area (Å²) in [5.41, 5.74) is 6.47. The fourth-order valence-corrected chi connectivity index (χ4v) is 1.59. The molecule has 0 unspecified atom stereocenters. The van der Waals surface area contributed by atoms with Gasteiger partial charge in [0.1, 0.15) is 0 Å². The van der Waals surface area contributed by atoms with Crippen molar-refractivity contribution in [1.82, 2.24) is 0 Å². The summed E-state index contributed by atoms with van der Waals surface area (Å²) in [5.74, 6) is 0. The van der Waals surface area contributed by atoms with Crippen molar-refractivity contribution in [3.05, 3.63) is 27.3 Å². The fraction of sp³-hybridized carbons (Fsp3) is 0. The Labute approximate surface area is 82.9 Å². The lowest BCUT2D eigenvalue weighted by molar-refractivity contribution is 0.108. The minimum atomic E-state index is -0.471. The summed E-state index contributed by atoms with van der Waals surface area (Å²) in [6.07, 6.45) is 0. The van der Waals surface area contributed by atoms with Crippen LogP contribution in [0.5, 0.6) is 0 Å². The molecule has 0 aliphatic rings. The maximum absolute atomic E-state index is 10.7. The number of carbonyl (C=O) groups is 1. The van der Waals surface area contributed by atoms with Crippen LogP contribution in [0.4, 0.5) is 5.69 Å². The van der Waals surface area contributed by atoms with Crippen molar-refractivity contribution < 1.29 is 4.79 Å². The van der Waals surface area contributed by atoms with Gasteiger partial charge in [-0.15, -0.1) is 0 Å². The number of nitrogens with two attached hydrogens (primary N) is 1. The van der Waals surface area contributed by atoms with E-state index in [2.05, 4.69) is 0 Å². The van der Waals surface area contributed by atoms with Crippen LogP contribution in [-0.4, -0.2) is 5.24 Å². The van der Waals surface area contributed by atoms with Gasteiger partial charge in [0, 0.05) is 14.8 Å². The van der Waals surface area contributed by atoms with Crippen LogP contribution in [0.1, 0.15) is 10.4 Å². The van der Waals surface area contributed by atoms with Gasteiger partial charge in [-0.3, -0.25) is 4.79 Å². The van der Waals surface area contributed by atoms with Crippen molar-refractivity contribution in [1.29, 1.82) is 0 Å². The average molecular weight is 281 g/mol. The molecule has 1 aromatic rings. The maximum atomic E-state index is 10.7. The highest BCUT2D eigenvalue weighted by molar-refractivity contribution is 14.1. The lowest BCUT2D eigenvalue weighted by atomic mass is 10.2. The first-order chi connectivity index (χ1) is 5.11. The van der Waals surface area contributed by atoms with Crippen LogP contribution in [-0.2, 0) is 0 Å². The lowest BCUT2D eigenvalue weighted by Gasteiger charge is -1.98. The molecular weight excluding hydrogens is 276 g/mol. The van der Waals surface area contributed by atoms with E-state index < -0.39 is 5.24 Å². The zero-order chi connectivity index (χ0) is 8.43. The monoisotopic (exact) mass is 281 g/mol. The van der Waals surface area contributed by atoms with Crippen LogP contribution in [0.25, 0.3) is 0 Å². The first kappa shape index (κ1) is 8.80. The van der Waals surface area contributed by atoms with Gasteiger partial charge in [-0.05, 0) is 52.4 Å². The molecule has 0 radical (unpaired) electrons. The van der Waals surface area contributed by atoms with E-state index in [0.717, 1.165) is 3.57 Å². The number of hydrogen-bond donors (Lipinski definition) is 1. The van der Waals surface area contributed by atoms with E-state index in [1.807, 2.05) is 22.6 Å². The first-order valence-electron chi connectivity index (χ1n) is 2.86. The predicted molar refractivity (Wildman–Crippen MR) is 53.8 cm³/mol. The van der Waals surface area contributed by atoms with Crippen LogP contribution in [0.3, 0.4) is 0 Å². The Morgan fingerprint density at radius 1 is 1.55 bits per heavy atom. The number of rotatable bonds is 1. The van der Waals surface area contributed by atoms with Crippen molar-refractivity contribution >= 4 is 45.1 Å². The molecule has 0 bridgehead atoms. The minimum Gasteiger partial charge on any atom is -0.399 e. The number of anilines is 1. The minimum absolute atomic E-state index is 0.465. The molecule has 0 fully saturated rings. The summed E-state index contributed by atoms with van der Waals surface area (Å²) in [6.45, 7) is 0. The highest BCUT2D eigenvalue weighted by Gasteiger charge is 2.05. The van der Waals surface area contributed by atoms with Crippen LogP contribution < -0.4 is 5.73 Å². The van der Waals surface area contributed by atoms with Crippen molar-refractivity contribution in [3.63, 3.8) is 0 Å². The van der Waals surface area contributed by atoms with Crippen LogP contribution >= 0.6 is 34.2 Å². The molecule has 0 atom stereocenters. The van der Waals surface area contributed by atoms with Gasteiger partial charge in [-0.1, -0.05) is 0 Å². The number of nitrogen functional groups attached to an aromatic ring is 1. The lowest BCUT2D eigenvalue weighted by Crippen LogP contribution is -1.95. The Bertz CT molecular complexity index is 300. The van der Waals surface area contributed by atoms with E-state index in [4.69, 9.17) is 17.3 Å². The SMILES string of the molecule is Nc1ccc(I)c(C(=O)Cl)c1. The topological polar surface area (TPSA) is 43.1 Å². The molecule has 2 nitrogen and oxygen atoms in total. The van der Waals surface area contributed by atoms with Crippen LogP contribution in [0.2, 0.25) is 0 Å². The summed E-state index contributed by atoms with van der Waals surface area (Å²) in [6, 6.07) is 5.05. The number of benzene rings is 1. The van der Waals surface area contributed by atoms with Crippen molar-refractivity contribution in [2.24, 2.45) is 0 Å². The standard InChI is InChI=1S/C7H5ClINO/c8-7(11)5-3-4(10)1-2-6(5)9/h1-3H,10H2. The summed E-state index contributed by atoms with van der Waals surface area (Å²) in [7, 11) is 0. The molecule has 0 aliphatic heterocycles. The summed E-state index contributed by atoms with van der Waals surface area (Å²) in [4.78, 5) is 10.7. The van der Waals surface area contributed by atoms with E-state index in [1.54, 1.807) is 18.2 Å². The van der Waals surface area contributed by atoms with Crippen molar-refractivity contribution in [2.75, 3.05) is 5.73 Å². The van der Waals surface area contributed by atoms with Gasteiger partial charge in [0.25, 0.3) is 5.24 Å². The average Bonchev–Trinajstić information content (AvgIpc) is 1.94. The Balaban J connectivity index is 3.23. The third-order valence-corrected chi connectivity index (χ3v) is 2.35. The van der Waals surface area contributed by atoms with E-state index in [-0.39, 0.29) is 0 Å². The number of carbonyl (C=O) groups excluding carboxylic acids is 1. The molecule has 0 amide bonds. The van der Waals surface area contributed by atoms with Gasteiger partial charge in [0.05, 0.1) is 0 Å². The van der Waals surface area contributed by atoms with E-state index in [0.29, 0.717) is 11.3 Å². The smallest absolute Gasteiger partial charge is 0.253 e. The second kappa shape index (κ2) is 3.40. The Hall–Kier alpha value is -0.290. The van der Waals surface area contributed by atoms with Crippen LogP contribution in [0.15, 0.2) is 18.2 Å². The number of halogens is 2. The van der Waals surface area contributed by atoms with Gasteiger partial charge < -0.3 is 5.73 Å². The Morgan fingerprint density at radius 3 is 2.64 bits per heavy atom. The molecule has 0 saturated carbocycles. The second-order valence-electron chi connectivity index (χ2n) is 2.01. The third-order valence-electron chi connectivity index (χ3n) is 1.20. The molecule has 0 aromatic heterocycles. The molecule has 0 heterocycles. The zero-order valence-electron chi connectivity index (χ0n) is 5.47. The van der Waals surface area contributed by atoms with Gasteiger partial charge >= 0.3 is 0 Å².